The van der Waals surface area contributed by atoms with Crippen LogP contribution >= 0.6 is 11.6 Å². The van der Waals surface area contributed by atoms with Crippen molar-refractivity contribution in [1.82, 2.24) is 9.88 Å². The maximum atomic E-state index is 12.1. The molecule has 2 atom stereocenters. The minimum absolute atomic E-state index is 0.0721. The van der Waals surface area contributed by atoms with Gasteiger partial charge in [-0.25, -0.2) is 0 Å². The first-order valence-electron chi connectivity index (χ1n) is 6.51. The number of halogens is 1. The Balaban J connectivity index is 2.04. The Hall–Kier alpha value is -1.33. The zero-order valence-corrected chi connectivity index (χ0v) is 11.6. The lowest BCUT2D eigenvalue weighted by atomic mass is 10.0. The molecule has 1 amide bonds. The lowest BCUT2D eigenvalue weighted by Crippen LogP contribution is -2.46. The monoisotopic (exact) mass is 283 g/mol. The van der Waals surface area contributed by atoms with E-state index in [9.17, 15) is 9.59 Å². The van der Waals surface area contributed by atoms with E-state index in [0.717, 1.165) is 19.3 Å². The largest absolute Gasteiger partial charge is 0.323 e. The molecule has 2 heterocycles. The fraction of sp³-hybridized carbons (Fsp3) is 0.538. The van der Waals surface area contributed by atoms with E-state index in [1.165, 1.54) is 6.07 Å². The molecule has 1 aliphatic rings. The quantitative estimate of drug-likeness (QED) is 0.653. The highest BCUT2D eigenvalue weighted by Crippen LogP contribution is 2.16. The van der Waals surface area contributed by atoms with E-state index in [2.05, 4.69) is 10.6 Å². The Morgan fingerprint density at radius 1 is 1.53 bits per heavy atom. The van der Waals surface area contributed by atoms with Gasteiger partial charge in [-0.05, 0) is 32.3 Å². The van der Waals surface area contributed by atoms with Gasteiger partial charge in [0.2, 0.25) is 5.91 Å². The van der Waals surface area contributed by atoms with E-state index in [0.29, 0.717) is 12.2 Å². The number of pyridine rings is 1. The summed E-state index contributed by atoms with van der Waals surface area (Å²) in [6.45, 7) is 2.46. The van der Waals surface area contributed by atoms with Crippen LogP contribution in [-0.2, 0) is 11.3 Å². The lowest BCUT2D eigenvalue weighted by Gasteiger charge is -2.26. The van der Waals surface area contributed by atoms with Crippen LogP contribution in [0.2, 0.25) is 0 Å². The lowest BCUT2D eigenvalue weighted by molar-refractivity contribution is -0.118. The summed E-state index contributed by atoms with van der Waals surface area (Å²) >= 11 is 5.99. The summed E-state index contributed by atoms with van der Waals surface area (Å²) < 4.78 is 1.55. The van der Waals surface area contributed by atoms with Crippen molar-refractivity contribution in [3.63, 3.8) is 0 Å². The molecular formula is C13H18ClN3O2. The maximum absolute atomic E-state index is 12.1. The molecule has 1 fully saturated rings. The third kappa shape index (κ3) is 3.58. The third-order valence-electron chi connectivity index (χ3n) is 3.24. The molecule has 2 N–H and O–H groups in total. The van der Waals surface area contributed by atoms with Crippen LogP contribution in [-0.4, -0.2) is 22.0 Å². The van der Waals surface area contributed by atoms with Gasteiger partial charge in [0.1, 0.15) is 0 Å². The van der Waals surface area contributed by atoms with E-state index in [4.69, 9.17) is 11.6 Å². The number of nitrogens with zero attached hydrogens (tertiary/aromatic N) is 1. The number of anilines is 1. The van der Waals surface area contributed by atoms with Crippen molar-refractivity contribution in [2.45, 2.75) is 44.3 Å². The van der Waals surface area contributed by atoms with Gasteiger partial charge in [0.25, 0.3) is 5.56 Å². The van der Waals surface area contributed by atoms with Gasteiger partial charge in [0.05, 0.1) is 17.2 Å². The van der Waals surface area contributed by atoms with E-state index in [1.807, 2.05) is 6.92 Å². The summed E-state index contributed by atoms with van der Waals surface area (Å²) in [5.74, 6) is -0.105. The molecular weight excluding hydrogens is 266 g/mol. The maximum Gasteiger partial charge on any atom is 0.250 e. The highest BCUT2D eigenvalue weighted by atomic mass is 35.5. The summed E-state index contributed by atoms with van der Waals surface area (Å²) in [5.41, 5.74) is 0.413. The van der Waals surface area contributed by atoms with Crippen LogP contribution in [0.15, 0.2) is 23.1 Å². The number of carbonyl (C=O) groups is 1. The Labute approximate surface area is 117 Å². The number of rotatable bonds is 3. The smallest absolute Gasteiger partial charge is 0.250 e. The van der Waals surface area contributed by atoms with Crippen molar-refractivity contribution < 1.29 is 4.79 Å². The number of piperidine rings is 1. The number of alkyl halides is 1. The van der Waals surface area contributed by atoms with Gasteiger partial charge in [-0.1, -0.05) is 0 Å². The predicted octanol–water partition coefficient (Wildman–Crippen LogP) is 1.51. The molecule has 1 aliphatic heterocycles. The normalized spacial score (nSPS) is 23.1. The molecule has 104 valence electrons. The van der Waals surface area contributed by atoms with Gasteiger partial charge in [0.15, 0.2) is 0 Å². The number of aryl methyl sites for hydroxylation is 1. The number of aromatic nitrogens is 1. The highest BCUT2D eigenvalue weighted by Gasteiger charge is 2.25. The summed E-state index contributed by atoms with van der Waals surface area (Å²) in [6.07, 6.45) is 4.25. The average molecular weight is 284 g/mol. The van der Waals surface area contributed by atoms with Crippen LogP contribution < -0.4 is 16.2 Å². The van der Waals surface area contributed by atoms with Crippen LogP contribution in [0.3, 0.4) is 0 Å². The SMILES string of the molecule is CCn1cc(NC(=O)C2CCCC(Cl)N2)ccc1=O. The molecule has 1 saturated heterocycles. The van der Waals surface area contributed by atoms with Crippen LogP contribution in [0.4, 0.5) is 5.69 Å². The number of hydrogen-bond donors (Lipinski definition) is 2. The Kier molecular flexibility index (Phi) is 4.61. The average Bonchev–Trinajstić information content (AvgIpc) is 2.41. The first-order chi connectivity index (χ1) is 9.10. The first-order valence-corrected chi connectivity index (χ1v) is 6.95. The van der Waals surface area contributed by atoms with Crippen molar-refractivity contribution in [1.29, 1.82) is 0 Å². The standard InChI is InChI=1S/C13H18ClN3O2/c1-2-17-8-9(6-7-12(17)18)15-13(19)10-4-3-5-11(14)16-10/h6-8,10-11,16H,2-5H2,1H3,(H,15,19). The van der Waals surface area contributed by atoms with Crippen LogP contribution in [0, 0.1) is 0 Å². The van der Waals surface area contributed by atoms with E-state index in [-0.39, 0.29) is 23.0 Å². The van der Waals surface area contributed by atoms with Crippen LogP contribution in [0.25, 0.3) is 0 Å². The van der Waals surface area contributed by atoms with E-state index in [1.54, 1.807) is 16.8 Å². The fourth-order valence-electron chi connectivity index (χ4n) is 2.17. The number of hydrogen-bond acceptors (Lipinski definition) is 3. The number of amides is 1. The predicted molar refractivity (Wildman–Crippen MR) is 75.4 cm³/mol. The van der Waals surface area contributed by atoms with Crippen molar-refractivity contribution >= 4 is 23.2 Å². The molecule has 1 aromatic heterocycles. The van der Waals surface area contributed by atoms with Gasteiger partial charge in [-0.2, -0.15) is 0 Å². The second-order valence-corrected chi connectivity index (χ2v) is 5.18. The van der Waals surface area contributed by atoms with Crippen LogP contribution in [0.1, 0.15) is 26.2 Å². The van der Waals surface area contributed by atoms with Crippen molar-refractivity contribution in [3.8, 4) is 0 Å². The van der Waals surface area contributed by atoms with Gasteiger partial charge < -0.3 is 9.88 Å². The zero-order valence-electron chi connectivity index (χ0n) is 10.9. The van der Waals surface area contributed by atoms with Gasteiger partial charge in [-0.15, -0.1) is 11.6 Å². The molecule has 0 aromatic carbocycles. The minimum Gasteiger partial charge on any atom is -0.323 e. The number of carbonyl (C=O) groups excluding carboxylic acids is 1. The molecule has 19 heavy (non-hydrogen) atoms. The second-order valence-electron chi connectivity index (χ2n) is 4.65. The van der Waals surface area contributed by atoms with Crippen molar-refractivity contribution in [3.05, 3.63) is 28.7 Å². The molecule has 0 aliphatic carbocycles. The summed E-state index contributed by atoms with van der Waals surface area (Å²) in [4.78, 5) is 23.5. The third-order valence-corrected chi connectivity index (χ3v) is 3.58. The summed E-state index contributed by atoms with van der Waals surface area (Å²) in [5, 5.41) is 5.88. The fourth-order valence-corrected chi connectivity index (χ4v) is 2.48. The number of nitrogens with one attached hydrogen (secondary N) is 2. The zero-order chi connectivity index (χ0) is 13.8. The molecule has 2 rings (SSSR count). The highest BCUT2D eigenvalue weighted by molar-refractivity contribution is 6.20. The summed E-state index contributed by atoms with van der Waals surface area (Å²) in [7, 11) is 0. The first kappa shape index (κ1) is 14.1. The molecule has 5 nitrogen and oxygen atoms in total. The topological polar surface area (TPSA) is 63.1 Å². The Bertz CT molecular complexity index is 515. The van der Waals surface area contributed by atoms with Crippen LogP contribution in [0.5, 0.6) is 0 Å². The van der Waals surface area contributed by atoms with Gasteiger partial charge >= 0.3 is 0 Å². The molecule has 0 bridgehead atoms. The molecule has 2 unspecified atom stereocenters. The second kappa shape index (κ2) is 6.21. The molecule has 6 heteroatoms. The molecule has 0 saturated carbocycles. The van der Waals surface area contributed by atoms with Crippen molar-refractivity contribution in [2.75, 3.05) is 5.32 Å². The molecule has 1 aromatic rings. The molecule has 0 radical (unpaired) electrons. The van der Waals surface area contributed by atoms with Crippen molar-refractivity contribution in [2.24, 2.45) is 0 Å². The van der Waals surface area contributed by atoms with E-state index >= 15 is 0 Å². The van der Waals surface area contributed by atoms with Gasteiger partial charge in [0, 0.05) is 18.8 Å². The van der Waals surface area contributed by atoms with E-state index < -0.39 is 0 Å². The van der Waals surface area contributed by atoms with Gasteiger partial charge in [-0.3, -0.25) is 14.9 Å². The Morgan fingerprint density at radius 2 is 2.32 bits per heavy atom. The Morgan fingerprint density at radius 3 is 3.00 bits per heavy atom. The summed E-state index contributed by atoms with van der Waals surface area (Å²) in [6, 6.07) is 2.81. The minimum atomic E-state index is -0.266. The molecule has 0 spiro atoms.